The molecule has 15 heteroatoms. The summed E-state index contributed by atoms with van der Waals surface area (Å²) in [6, 6.07) is 0. The van der Waals surface area contributed by atoms with Crippen LogP contribution in [0.4, 0.5) is 0 Å². The molecule has 0 aliphatic rings. The highest BCUT2D eigenvalue weighted by atomic mass is 31.2. The molecule has 0 rings (SSSR count). The van der Waals surface area contributed by atoms with E-state index in [2.05, 4.69) is 104 Å². The molecule has 55 heavy (non-hydrogen) atoms. The van der Waals surface area contributed by atoms with Crippen molar-refractivity contribution < 1.29 is 57.7 Å². The average molecular weight is 865 g/mol. The fraction of sp³-hybridized carbons (Fsp3) is 1.00. The van der Waals surface area contributed by atoms with Crippen LogP contribution in [-0.4, -0.2) is 44.0 Å². The third-order valence-corrected chi connectivity index (χ3v) is 8.74. The lowest BCUT2D eigenvalue weighted by Gasteiger charge is -2.04. The highest BCUT2D eigenvalue weighted by Gasteiger charge is 2.01. The number of hydrogen-bond donors (Lipinski definition) is 9. The lowest BCUT2D eigenvalue weighted by Crippen LogP contribution is -1.89. The zero-order valence-electron chi connectivity index (χ0n) is 38.6. The fourth-order valence-corrected chi connectivity index (χ4v) is 3.78. The number of rotatable bonds is 20. The Bertz CT molecular complexity index is 651. The molecule has 12 nitrogen and oxygen atoms in total. The van der Waals surface area contributed by atoms with Gasteiger partial charge in [0.1, 0.15) is 0 Å². The largest absolute Gasteiger partial charge is 0.466 e. The van der Waals surface area contributed by atoms with E-state index in [9.17, 15) is 0 Å². The van der Waals surface area contributed by atoms with Crippen molar-refractivity contribution in [2.75, 3.05) is 0 Å². The zero-order chi connectivity index (χ0) is 45.5. The third kappa shape index (κ3) is 162. The first kappa shape index (κ1) is 72.9. The molecule has 0 fully saturated rings. The molecule has 0 bridgehead atoms. The van der Waals surface area contributed by atoms with E-state index in [1.54, 1.807) is 0 Å². The number of phosphoric acid groups is 3. The second kappa shape index (κ2) is 54.3. The predicted octanol–water partition coefficient (Wildman–Crippen LogP) is 13.3. The summed E-state index contributed by atoms with van der Waals surface area (Å²) >= 11 is 0. The van der Waals surface area contributed by atoms with Crippen molar-refractivity contribution in [3.63, 3.8) is 0 Å². The van der Waals surface area contributed by atoms with E-state index in [-0.39, 0.29) is 0 Å². The van der Waals surface area contributed by atoms with Crippen LogP contribution in [0.2, 0.25) is 0 Å². The first-order valence-corrected chi connectivity index (χ1v) is 26.1. The van der Waals surface area contributed by atoms with Gasteiger partial charge in [0, 0.05) is 0 Å². The molecule has 0 aromatic rings. The molecule has 0 saturated carbocycles. The van der Waals surface area contributed by atoms with Gasteiger partial charge in [-0.1, -0.05) is 232 Å². The summed E-state index contributed by atoms with van der Waals surface area (Å²) in [5, 5.41) is 0. The molecule has 9 N–H and O–H groups in total. The minimum Gasteiger partial charge on any atom is -0.303 e. The fourth-order valence-electron chi connectivity index (χ4n) is 3.78. The maximum absolute atomic E-state index is 8.88. The zero-order valence-corrected chi connectivity index (χ0v) is 41.3. The van der Waals surface area contributed by atoms with Crippen molar-refractivity contribution in [1.29, 1.82) is 0 Å². The minimum absolute atomic E-state index is 0.954. The van der Waals surface area contributed by atoms with Crippen LogP contribution < -0.4 is 0 Å². The molecule has 0 aromatic carbocycles. The molecule has 346 valence electrons. The van der Waals surface area contributed by atoms with E-state index in [1.165, 1.54) is 128 Å². The van der Waals surface area contributed by atoms with E-state index < -0.39 is 23.5 Å². The van der Waals surface area contributed by atoms with Crippen LogP contribution in [0, 0.1) is 29.6 Å². The molecule has 0 aliphatic carbocycles. The van der Waals surface area contributed by atoms with Crippen LogP contribution in [0.3, 0.4) is 0 Å². The molecular formula is C40H99O12P3. The van der Waals surface area contributed by atoms with Crippen LogP contribution in [-0.2, 0) is 13.7 Å². The molecule has 0 radical (unpaired) electrons. The van der Waals surface area contributed by atoms with Crippen molar-refractivity contribution in [3.8, 4) is 0 Å². The molecule has 0 spiro atoms. The van der Waals surface area contributed by atoms with Gasteiger partial charge in [0.25, 0.3) is 0 Å². The topological polar surface area (TPSA) is 233 Å². The summed E-state index contributed by atoms with van der Waals surface area (Å²) in [6.07, 6.45) is 27.7. The van der Waals surface area contributed by atoms with Gasteiger partial charge in [-0.15, -0.1) is 0 Å². The molecule has 5 atom stereocenters. The van der Waals surface area contributed by atoms with Gasteiger partial charge in [0.15, 0.2) is 0 Å². The summed E-state index contributed by atoms with van der Waals surface area (Å²) < 4.78 is 26.6. The molecule has 0 saturated heterocycles. The second-order valence-electron chi connectivity index (χ2n) is 14.8. The van der Waals surface area contributed by atoms with Crippen LogP contribution in [0.5, 0.6) is 0 Å². The average Bonchev–Trinajstić information content (AvgIpc) is 3.08. The molecule has 5 unspecified atom stereocenters. The van der Waals surface area contributed by atoms with Gasteiger partial charge in [0.2, 0.25) is 0 Å². The Balaban J connectivity index is -0.0000000771. The van der Waals surface area contributed by atoms with E-state index in [0.29, 0.717) is 0 Å². The number of unbranched alkanes of at least 4 members (excludes halogenated alkanes) is 5. The Kier molecular flexibility index (Phi) is 72.0. The van der Waals surface area contributed by atoms with E-state index in [1.807, 2.05) is 0 Å². The van der Waals surface area contributed by atoms with Gasteiger partial charge in [-0.2, -0.15) is 0 Å². The Labute approximate surface area is 342 Å². The quantitative estimate of drug-likeness (QED) is 0.0520. The highest BCUT2D eigenvalue weighted by Crippen LogP contribution is 2.26. The standard InChI is InChI=1S/5C8H18.3H3O4P/c5*1-4-6-7-8(3)5-2;3*1-5(2,3)4/h5*8H,4-7H2,1-3H3;3*(H3,1,2,3,4). The molecule has 0 heterocycles. The lowest BCUT2D eigenvalue weighted by atomic mass is 10.0. The summed E-state index contributed by atoms with van der Waals surface area (Å²) in [6.45, 7) is 34.2. The Morgan fingerprint density at radius 3 is 0.436 bits per heavy atom. The van der Waals surface area contributed by atoms with Crippen molar-refractivity contribution in [1.82, 2.24) is 0 Å². The van der Waals surface area contributed by atoms with Crippen molar-refractivity contribution in [2.24, 2.45) is 29.6 Å². The lowest BCUT2D eigenvalue weighted by molar-refractivity contribution is 0.272. The van der Waals surface area contributed by atoms with Crippen LogP contribution in [0.25, 0.3) is 0 Å². The number of hydrogen-bond acceptors (Lipinski definition) is 3. The smallest absolute Gasteiger partial charge is 0.303 e. The predicted molar refractivity (Wildman–Crippen MR) is 238 cm³/mol. The van der Waals surface area contributed by atoms with Gasteiger partial charge in [0.05, 0.1) is 0 Å². The minimum atomic E-state index is -4.64. The maximum Gasteiger partial charge on any atom is 0.466 e. The molecule has 0 aliphatic heterocycles. The first-order valence-electron chi connectivity index (χ1n) is 21.4. The van der Waals surface area contributed by atoms with E-state index >= 15 is 0 Å². The Hall–Kier alpha value is 0.330. The van der Waals surface area contributed by atoms with Crippen molar-refractivity contribution >= 4 is 23.5 Å². The van der Waals surface area contributed by atoms with Crippen LogP contribution in [0.15, 0.2) is 0 Å². The Morgan fingerprint density at radius 2 is 0.382 bits per heavy atom. The summed E-state index contributed by atoms with van der Waals surface area (Å²) in [7, 11) is -13.9. The highest BCUT2D eigenvalue weighted by molar-refractivity contribution is 7.45. The van der Waals surface area contributed by atoms with Gasteiger partial charge in [-0.25, -0.2) is 13.7 Å². The van der Waals surface area contributed by atoms with E-state index in [0.717, 1.165) is 29.6 Å². The van der Waals surface area contributed by atoms with Gasteiger partial charge < -0.3 is 44.0 Å². The van der Waals surface area contributed by atoms with Crippen molar-refractivity contribution in [3.05, 3.63) is 0 Å². The molecule has 0 amide bonds. The first-order chi connectivity index (χ1) is 25.0. The summed E-state index contributed by atoms with van der Waals surface area (Å²) in [4.78, 5) is 64.7. The van der Waals surface area contributed by atoms with Gasteiger partial charge >= 0.3 is 23.5 Å². The van der Waals surface area contributed by atoms with Crippen LogP contribution >= 0.6 is 23.5 Å². The Morgan fingerprint density at radius 1 is 0.291 bits per heavy atom. The third-order valence-electron chi connectivity index (χ3n) is 8.74. The summed E-state index contributed by atoms with van der Waals surface area (Å²) in [5.74, 6) is 4.77. The van der Waals surface area contributed by atoms with Gasteiger partial charge in [-0.3, -0.25) is 0 Å². The molecule has 0 aromatic heterocycles. The summed E-state index contributed by atoms with van der Waals surface area (Å²) in [5.41, 5.74) is 0. The van der Waals surface area contributed by atoms with Crippen LogP contribution in [0.1, 0.15) is 232 Å². The maximum atomic E-state index is 8.88. The monoisotopic (exact) mass is 865 g/mol. The van der Waals surface area contributed by atoms with E-state index in [4.69, 9.17) is 57.7 Å². The normalized spacial score (nSPS) is 13.3. The van der Waals surface area contributed by atoms with Crippen molar-refractivity contribution in [2.45, 2.75) is 232 Å². The second-order valence-corrected chi connectivity index (χ2v) is 17.9. The SMILES string of the molecule is CCCCC(C)CC.CCCCC(C)CC.CCCCC(C)CC.CCCCC(C)CC.CCCCC(C)CC.O=P(O)(O)O.O=P(O)(O)O.O=P(O)(O)O. The van der Waals surface area contributed by atoms with Gasteiger partial charge in [-0.05, 0) is 29.6 Å². The molecular weight excluding hydrogens is 765 g/mol.